The van der Waals surface area contributed by atoms with Crippen LogP contribution in [0.2, 0.25) is 0 Å². The van der Waals surface area contributed by atoms with E-state index in [1.165, 1.54) is 6.42 Å². The van der Waals surface area contributed by atoms with Crippen molar-refractivity contribution in [1.82, 2.24) is 10.9 Å². The third kappa shape index (κ3) is 0.956. The number of rotatable bonds is 1. The summed E-state index contributed by atoms with van der Waals surface area (Å²) in [6.07, 6.45) is 1.23. The van der Waals surface area contributed by atoms with Crippen LogP contribution in [0.1, 0.15) is 34.1 Å². The zero-order valence-corrected chi connectivity index (χ0v) is 7.36. The fourth-order valence-electron chi connectivity index (χ4n) is 1.57. The molecule has 0 saturated carbocycles. The van der Waals surface area contributed by atoms with Gasteiger partial charge in [0.15, 0.2) is 0 Å². The van der Waals surface area contributed by atoms with Gasteiger partial charge in [-0.3, -0.25) is 10.9 Å². The van der Waals surface area contributed by atoms with Crippen molar-refractivity contribution in [2.75, 3.05) is 0 Å². The van der Waals surface area contributed by atoms with Gasteiger partial charge in [-0.25, -0.2) is 0 Å². The van der Waals surface area contributed by atoms with Crippen molar-refractivity contribution in [3.8, 4) is 0 Å². The minimum atomic E-state index is 0.431. The molecule has 2 unspecified atom stereocenters. The van der Waals surface area contributed by atoms with E-state index in [1.54, 1.807) is 0 Å². The van der Waals surface area contributed by atoms with Gasteiger partial charge in [0.2, 0.25) is 0 Å². The van der Waals surface area contributed by atoms with Crippen LogP contribution in [-0.4, -0.2) is 12.1 Å². The van der Waals surface area contributed by atoms with E-state index in [2.05, 4.69) is 38.5 Å². The zero-order valence-electron chi connectivity index (χ0n) is 7.36. The summed E-state index contributed by atoms with van der Waals surface area (Å²) in [7, 11) is 0. The summed E-state index contributed by atoms with van der Waals surface area (Å²) in [4.78, 5) is 0. The van der Waals surface area contributed by atoms with Gasteiger partial charge in [-0.15, -0.1) is 0 Å². The van der Waals surface area contributed by atoms with Crippen molar-refractivity contribution in [3.05, 3.63) is 0 Å². The molecule has 1 aliphatic rings. The molecular formula is C8H18N2. The highest BCUT2D eigenvalue weighted by Crippen LogP contribution is 2.32. The third-order valence-corrected chi connectivity index (χ3v) is 3.26. The van der Waals surface area contributed by atoms with E-state index in [0.717, 1.165) is 0 Å². The second kappa shape index (κ2) is 2.51. The van der Waals surface area contributed by atoms with Gasteiger partial charge in [-0.1, -0.05) is 13.8 Å². The molecule has 2 heteroatoms. The van der Waals surface area contributed by atoms with Gasteiger partial charge in [0.1, 0.15) is 0 Å². The predicted octanol–water partition coefficient (Wildman–Crippen LogP) is 1.29. The first kappa shape index (κ1) is 8.02. The third-order valence-electron chi connectivity index (χ3n) is 3.26. The lowest BCUT2D eigenvalue weighted by Crippen LogP contribution is -2.35. The highest BCUT2D eigenvalue weighted by atomic mass is 15.4. The molecule has 0 amide bonds. The first-order valence-corrected chi connectivity index (χ1v) is 4.12. The molecule has 0 aliphatic carbocycles. The maximum absolute atomic E-state index is 3.26. The number of hydrazine groups is 1. The standard InChI is InChI=1S/C8H18N2/c1-5-8(4)6(2)9-10-7(8)3/h6-7,9-10H,5H2,1-4H3/t6-,7?,8?/m0/s1. The lowest BCUT2D eigenvalue weighted by Gasteiger charge is -2.29. The molecule has 1 saturated heterocycles. The molecule has 1 aliphatic heterocycles. The summed E-state index contributed by atoms with van der Waals surface area (Å²) in [5.74, 6) is 0. The van der Waals surface area contributed by atoms with Crippen LogP contribution in [0.15, 0.2) is 0 Å². The Hall–Kier alpha value is -0.0800. The lowest BCUT2D eigenvalue weighted by atomic mass is 9.77. The molecule has 0 radical (unpaired) electrons. The largest absolute Gasteiger partial charge is 0.254 e. The van der Waals surface area contributed by atoms with E-state index in [0.29, 0.717) is 17.5 Å². The van der Waals surface area contributed by atoms with Gasteiger partial charge >= 0.3 is 0 Å². The number of hydrogen-bond acceptors (Lipinski definition) is 2. The molecule has 2 nitrogen and oxygen atoms in total. The van der Waals surface area contributed by atoms with E-state index in [1.807, 2.05) is 0 Å². The van der Waals surface area contributed by atoms with Gasteiger partial charge < -0.3 is 0 Å². The fraction of sp³-hybridized carbons (Fsp3) is 1.00. The molecule has 0 aromatic heterocycles. The van der Waals surface area contributed by atoms with Gasteiger partial charge in [-0.2, -0.15) is 0 Å². The summed E-state index contributed by atoms with van der Waals surface area (Å²) in [5.41, 5.74) is 6.95. The zero-order chi connectivity index (χ0) is 7.78. The van der Waals surface area contributed by atoms with Gasteiger partial charge in [0, 0.05) is 17.5 Å². The number of hydrogen-bond donors (Lipinski definition) is 2. The van der Waals surface area contributed by atoms with Crippen LogP contribution in [0.4, 0.5) is 0 Å². The molecule has 10 heavy (non-hydrogen) atoms. The normalized spacial score (nSPS) is 48.0. The van der Waals surface area contributed by atoms with E-state index < -0.39 is 0 Å². The maximum Gasteiger partial charge on any atom is 0.0253 e. The molecule has 0 spiro atoms. The van der Waals surface area contributed by atoms with Crippen molar-refractivity contribution in [2.45, 2.75) is 46.2 Å². The van der Waals surface area contributed by atoms with Gasteiger partial charge in [0.05, 0.1) is 0 Å². The number of nitrogens with one attached hydrogen (secondary N) is 2. The topological polar surface area (TPSA) is 24.1 Å². The van der Waals surface area contributed by atoms with E-state index in [4.69, 9.17) is 0 Å². The van der Waals surface area contributed by atoms with Crippen LogP contribution in [-0.2, 0) is 0 Å². The maximum atomic E-state index is 3.26. The average molecular weight is 142 g/mol. The SMILES string of the molecule is CCC1(C)C(C)NN[C@H]1C. The van der Waals surface area contributed by atoms with E-state index in [-0.39, 0.29) is 0 Å². The van der Waals surface area contributed by atoms with Crippen molar-refractivity contribution in [2.24, 2.45) is 5.41 Å². The van der Waals surface area contributed by atoms with Gasteiger partial charge in [-0.05, 0) is 20.3 Å². The summed E-state index contributed by atoms with van der Waals surface area (Å²) in [6.45, 7) is 9.05. The van der Waals surface area contributed by atoms with Crippen molar-refractivity contribution < 1.29 is 0 Å². The van der Waals surface area contributed by atoms with Crippen LogP contribution in [0.25, 0.3) is 0 Å². The minimum absolute atomic E-state index is 0.431. The molecule has 0 aromatic rings. The van der Waals surface area contributed by atoms with Gasteiger partial charge in [0.25, 0.3) is 0 Å². The molecule has 0 bridgehead atoms. The predicted molar refractivity (Wildman–Crippen MR) is 43.6 cm³/mol. The van der Waals surface area contributed by atoms with Crippen LogP contribution in [0.5, 0.6) is 0 Å². The average Bonchev–Trinajstić information content (AvgIpc) is 2.18. The summed E-state index contributed by atoms with van der Waals surface area (Å²) in [6, 6.07) is 1.18. The Balaban J connectivity index is 2.70. The Kier molecular flexibility index (Phi) is 2.02. The van der Waals surface area contributed by atoms with Crippen molar-refractivity contribution >= 4 is 0 Å². The van der Waals surface area contributed by atoms with Crippen molar-refractivity contribution in [3.63, 3.8) is 0 Å². The van der Waals surface area contributed by atoms with Crippen LogP contribution >= 0.6 is 0 Å². The highest BCUT2D eigenvalue weighted by Gasteiger charge is 2.39. The second-order valence-corrected chi connectivity index (χ2v) is 3.59. The molecule has 60 valence electrons. The van der Waals surface area contributed by atoms with E-state index in [9.17, 15) is 0 Å². The minimum Gasteiger partial charge on any atom is -0.254 e. The second-order valence-electron chi connectivity index (χ2n) is 3.59. The molecule has 0 aromatic carbocycles. The Labute approximate surface area is 63.4 Å². The first-order valence-electron chi connectivity index (χ1n) is 4.12. The monoisotopic (exact) mass is 142 g/mol. The van der Waals surface area contributed by atoms with Crippen LogP contribution in [0, 0.1) is 5.41 Å². The quantitative estimate of drug-likeness (QED) is 0.576. The highest BCUT2D eigenvalue weighted by molar-refractivity contribution is 4.95. The Bertz CT molecular complexity index is 112. The lowest BCUT2D eigenvalue weighted by molar-refractivity contribution is 0.254. The summed E-state index contributed by atoms with van der Waals surface area (Å²) in [5, 5.41) is 0. The molecule has 1 fully saturated rings. The fourth-order valence-corrected chi connectivity index (χ4v) is 1.57. The molecule has 1 rings (SSSR count). The summed E-state index contributed by atoms with van der Waals surface area (Å²) >= 11 is 0. The first-order chi connectivity index (χ1) is 4.61. The van der Waals surface area contributed by atoms with Crippen molar-refractivity contribution in [1.29, 1.82) is 0 Å². The Morgan fingerprint density at radius 3 is 1.80 bits per heavy atom. The molecule has 1 heterocycles. The summed E-state index contributed by atoms with van der Waals surface area (Å²) < 4.78 is 0. The van der Waals surface area contributed by atoms with Crippen LogP contribution < -0.4 is 10.9 Å². The Morgan fingerprint density at radius 1 is 1.20 bits per heavy atom. The Morgan fingerprint density at radius 2 is 1.60 bits per heavy atom. The molecule has 2 N–H and O–H groups in total. The smallest absolute Gasteiger partial charge is 0.0253 e. The molecular weight excluding hydrogens is 124 g/mol. The molecule has 3 atom stereocenters. The van der Waals surface area contributed by atoms with Crippen LogP contribution in [0.3, 0.4) is 0 Å². The van der Waals surface area contributed by atoms with E-state index >= 15 is 0 Å².